The van der Waals surface area contributed by atoms with Crippen molar-refractivity contribution in [2.45, 2.75) is 51.0 Å². The first kappa shape index (κ1) is 27.5. The Bertz CT molecular complexity index is 1540. The molecule has 0 saturated carbocycles. The van der Waals surface area contributed by atoms with Crippen molar-refractivity contribution in [1.82, 2.24) is 29.4 Å². The van der Waals surface area contributed by atoms with Crippen LogP contribution in [0.1, 0.15) is 42.2 Å². The van der Waals surface area contributed by atoms with Crippen LogP contribution >= 0.6 is 11.6 Å². The number of ether oxygens (including phenoxy) is 3. The number of halogens is 2. The Morgan fingerprint density at radius 2 is 1.90 bits per heavy atom. The minimum atomic E-state index is -0.561. The van der Waals surface area contributed by atoms with Crippen molar-refractivity contribution in [3.63, 3.8) is 0 Å². The van der Waals surface area contributed by atoms with Crippen LogP contribution in [-0.4, -0.2) is 74.3 Å². The molecular weight excluding hydrogens is 549 g/mol. The summed E-state index contributed by atoms with van der Waals surface area (Å²) in [5, 5.41) is 8.61. The molecule has 214 valence electrons. The van der Waals surface area contributed by atoms with Gasteiger partial charge in [-0.1, -0.05) is 23.7 Å². The molecular formula is C29H31ClFN7O3. The molecule has 0 radical (unpaired) electrons. The molecule has 41 heavy (non-hydrogen) atoms. The normalized spacial score (nSPS) is 17.9. The Kier molecular flexibility index (Phi) is 8.09. The number of fused-ring (bicyclic) bond motifs is 1. The van der Waals surface area contributed by atoms with Crippen molar-refractivity contribution in [3.05, 3.63) is 76.5 Å². The van der Waals surface area contributed by atoms with Crippen LogP contribution < -0.4 is 4.74 Å². The fraction of sp³-hybridized carbons (Fsp3) is 0.414. The molecule has 10 nitrogen and oxygen atoms in total. The number of aromatic nitrogens is 5. The standard InChI is InChI=1S/C29H31ClFN7O3/c1-39-28(32)24-13-23-25(15-33-24)38(16-21-8-11-40-21)27(35-23)17-37-9-6-20(7-10-37)41-29-22(31)14-34-26(36-29)12-18-2-4-19(30)5-3-18/h2-5,13-15,20-21,32H,6-12,16-17H2,1H3/t21-/m0/s1. The highest BCUT2D eigenvalue weighted by Gasteiger charge is 2.26. The van der Waals surface area contributed by atoms with Crippen LogP contribution in [0.15, 0.2) is 42.7 Å². The number of likely N-dealkylation sites (tertiary alicyclic amines) is 1. The molecule has 6 rings (SSSR count). The summed E-state index contributed by atoms with van der Waals surface area (Å²) in [7, 11) is 1.46. The molecule has 1 aromatic carbocycles. The van der Waals surface area contributed by atoms with E-state index >= 15 is 0 Å². The molecule has 2 aliphatic rings. The van der Waals surface area contributed by atoms with Crippen LogP contribution in [0.2, 0.25) is 5.02 Å². The number of nitrogens with one attached hydrogen (secondary N) is 1. The Morgan fingerprint density at radius 1 is 1.12 bits per heavy atom. The van der Waals surface area contributed by atoms with Gasteiger partial charge in [-0.3, -0.25) is 10.3 Å². The topological polar surface area (TPSA) is 111 Å². The lowest BCUT2D eigenvalue weighted by Crippen LogP contribution is -2.39. The van der Waals surface area contributed by atoms with Gasteiger partial charge in [0, 0.05) is 31.1 Å². The van der Waals surface area contributed by atoms with Crippen molar-refractivity contribution < 1.29 is 18.6 Å². The summed E-state index contributed by atoms with van der Waals surface area (Å²) in [6.45, 7) is 3.69. The van der Waals surface area contributed by atoms with Crippen LogP contribution in [0.3, 0.4) is 0 Å². The van der Waals surface area contributed by atoms with E-state index in [0.29, 0.717) is 36.1 Å². The lowest BCUT2D eigenvalue weighted by atomic mass is 10.1. The summed E-state index contributed by atoms with van der Waals surface area (Å²) >= 11 is 5.97. The first-order valence-corrected chi connectivity index (χ1v) is 14.1. The highest BCUT2D eigenvalue weighted by atomic mass is 35.5. The maximum atomic E-state index is 14.5. The second-order valence-electron chi connectivity index (χ2n) is 10.3. The van der Waals surface area contributed by atoms with Crippen LogP contribution in [0, 0.1) is 11.2 Å². The van der Waals surface area contributed by atoms with Crippen LogP contribution in [-0.2, 0) is 29.0 Å². The second-order valence-corrected chi connectivity index (χ2v) is 10.8. The van der Waals surface area contributed by atoms with Gasteiger partial charge >= 0.3 is 0 Å². The van der Waals surface area contributed by atoms with Gasteiger partial charge in [0.15, 0.2) is 0 Å². The van der Waals surface area contributed by atoms with Gasteiger partial charge in [0.05, 0.1) is 49.7 Å². The smallest absolute Gasteiger partial charge is 0.254 e. The summed E-state index contributed by atoms with van der Waals surface area (Å²) in [6.07, 6.45) is 5.89. The zero-order valence-electron chi connectivity index (χ0n) is 22.7. The van der Waals surface area contributed by atoms with Crippen LogP contribution in [0.25, 0.3) is 11.0 Å². The molecule has 3 aromatic heterocycles. The zero-order chi connectivity index (χ0) is 28.3. The third kappa shape index (κ3) is 6.32. The molecule has 2 saturated heterocycles. The highest BCUT2D eigenvalue weighted by Crippen LogP contribution is 2.25. The molecule has 4 aromatic rings. The van der Waals surface area contributed by atoms with Crippen molar-refractivity contribution in [2.75, 3.05) is 26.8 Å². The second kappa shape index (κ2) is 12.1. The number of hydrogen-bond acceptors (Lipinski definition) is 9. The SMILES string of the molecule is COC(=N)c1cc2nc(CN3CCC(Oc4nc(Cc5ccc(Cl)cc5)ncc4F)CC3)n(C[C@@H]3CCO3)c2cn1. The van der Waals surface area contributed by atoms with Crippen molar-refractivity contribution >= 4 is 28.5 Å². The number of benzene rings is 1. The number of piperidine rings is 1. The minimum absolute atomic E-state index is 0.00428. The predicted molar refractivity (Wildman–Crippen MR) is 151 cm³/mol. The average Bonchev–Trinajstić information content (AvgIpc) is 3.30. The van der Waals surface area contributed by atoms with Gasteiger partial charge in [-0.15, -0.1) is 0 Å². The summed E-state index contributed by atoms with van der Waals surface area (Å²) < 4.78 is 33.5. The summed E-state index contributed by atoms with van der Waals surface area (Å²) in [5.74, 6) is 0.855. The summed E-state index contributed by atoms with van der Waals surface area (Å²) in [4.78, 5) is 20.1. The van der Waals surface area contributed by atoms with E-state index in [1.165, 1.54) is 13.3 Å². The molecule has 5 heterocycles. The Labute approximate surface area is 242 Å². The van der Waals surface area contributed by atoms with E-state index in [-0.39, 0.29) is 24.0 Å². The quantitative estimate of drug-likeness (QED) is 0.229. The number of nitrogens with zero attached hydrogens (tertiary/aromatic N) is 6. The summed E-state index contributed by atoms with van der Waals surface area (Å²) in [6, 6.07) is 9.21. The first-order valence-electron chi connectivity index (χ1n) is 13.7. The van der Waals surface area contributed by atoms with E-state index in [4.69, 9.17) is 36.2 Å². The molecule has 0 amide bonds. The molecule has 0 bridgehead atoms. The van der Waals surface area contributed by atoms with Gasteiger partial charge in [0.1, 0.15) is 23.4 Å². The Balaban J connectivity index is 1.11. The van der Waals surface area contributed by atoms with Crippen LogP contribution in [0.4, 0.5) is 4.39 Å². The fourth-order valence-corrected chi connectivity index (χ4v) is 5.27. The number of methoxy groups -OCH3 is 1. The first-order chi connectivity index (χ1) is 19.9. The Morgan fingerprint density at radius 3 is 2.61 bits per heavy atom. The van der Waals surface area contributed by atoms with Gasteiger partial charge in [-0.25, -0.2) is 15.0 Å². The summed E-state index contributed by atoms with van der Waals surface area (Å²) in [5.41, 5.74) is 3.12. The third-order valence-electron chi connectivity index (χ3n) is 7.55. The lowest BCUT2D eigenvalue weighted by molar-refractivity contribution is -0.0592. The molecule has 2 aliphatic heterocycles. The van der Waals surface area contributed by atoms with Gasteiger partial charge in [0.25, 0.3) is 5.88 Å². The molecule has 1 atom stereocenters. The van der Waals surface area contributed by atoms with E-state index in [2.05, 4.69) is 24.4 Å². The van der Waals surface area contributed by atoms with E-state index in [9.17, 15) is 4.39 Å². The maximum absolute atomic E-state index is 14.5. The number of imidazole rings is 1. The fourth-order valence-electron chi connectivity index (χ4n) is 5.14. The predicted octanol–water partition coefficient (Wildman–Crippen LogP) is 4.41. The zero-order valence-corrected chi connectivity index (χ0v) is 23.5. The van der Waals surface area contributed by atoms with Crippen molar-refractivity contribution in [1.29, 1.82) is 5.41 Å². The molecule has 0 aliphatic carbocycles. The number of hydrogen-bond donors (Lipinski definition) is 1. The van der Waals surface area contributed by atoms with E-state index in [1.807, 2.05) is 24.3 Å². The van der Waals surface area contributed by atoms with E-state index < -0.39 is 5.82 Å². The monoisotopic (exact) mass is 579 g/mol. The average molecular weight is 580 g/mol. The lowest BCUT2D eigenvalue weighted by Gasteiger charge is -2.32. The van der Waals surface area contributed by atoms with Crippen molar-refractivity contribution in [2.24, 2.45) is 0 Å². The third-order valence-corrected chi connectivity index (χ3v) is 7.80. The van der Waals surface area contributed by atoms with E-state index in [0.717, 1.165) is 61.4 Å². The van der Waals surface area contributed by atoms with Crippen LogP contribution in [0.5, 0.6) is 5.88 Å². The Hall–Kier alpha value is -3.67. The molecule has 0 unspecified atom stereocenters. The van der Waals surface area contributed by atoms with Gasteiger partial charge in [-0.2, -0.15) is 9.37 Å². The number of rotatable bonds is 9. The number of pyridine rings is 1. The minimum Gasteiger partial charge on any atom is -0.480 e. The molecule has 12 heteroatoms. The highest BCUT2D eigenvalue weighted by molar-refractivity contribution is 6.30. The molecule has 0 spiro atoms. The maximum Gasteiger partial charge on any atom is 0.254 e. The van der Waals surface area contributed by atoms with Gasteiger partial charge < -0.3 is 18.8 Å². The largest absolute Gasteiger partial charge is 0.480 e. The molecule has 1 N–H and O–H groups in total. The van der Waals surface area contributed by atoms with Gasteiger partial charge in [0.2, 0.25) is 11.7 Å². The molecule has 2 fully saturated rings. The van der Waals surface area contributed by atoms with E-state index in [1.54, 1.807) is 12.3 Å². The van der Waals surface area contributed by atoms with Crippen molar-refractivity contribution in [3.8, 4) is 5.88 Å². The van der Waals surface area contributed by atoms with Gasteiger partial charge in [-0.05, 0) is 43.0 Å².